The summed E-state index contributed by atoms with van der Waals surface area (Å²) in [6.07, 6.45) is 9.50. The third kappa shape index (κ3) is 6.10. The Morgan fingerprint density at radius 3 is 2.68 bits per heavy atom. The molecule has 1 aliphatic heterocycles. The quantitative estimate of drug-likeness (QED) is 0.462. The highest BCUT2D eigenvalue weighted by atomic mass is 32.2. The van der Waals surface area contributed by atoms with Gasteiger partial charge < -0.3 is 10.6 Å². The number of rotatable bonds is 8. The summed E-state index contributed by atoms with van der Waals surface area (Å²) in [5.41, 5.74) is 2.25. The highest BCUT2D eigenvalue weighted by Crippen LogP contribution is 2.39. The summed E-state index contributed by atoms with van der Waals surface area (Å²) in [5, 5.41) is 6.04. The topological polar surface area (TPSA) is 61.4 Å². The third-order valence-corrected chi connectivity index (χ3v) is 7.99. The van der Waals surface area contributed by atoms with Crippen molar-refractivity contribution in [2.75, 3.05) is 18.4 Å². The second kappa shape index (κ2) is 11.7. The summed E-state index contributed by atoms with van der Waals surface area (Å²) >= 11 is 1.43. The molecule has 1 saturated carbocycles. The van der Waals surface area contributed by atoms with E-state index in [9.17, 15) is 9.59 Å². The van der Waals surface area contributed by atoms with Crippen LogP contribution < -0.4 is 10.6 Å². The van der Waals surface area contributed by atoms with Crippen molar-refractivity contribution in [2.24, 2.45) is 0 Å². The van der Waals surface area contributed by atoms with Crippen molar-refractivity contribution in [3.8, 4) is 0 Å². The standard InChI is InChI=1S/C28H35N3O2S/c1-3-20(2)31(23-12-8-5-9-13-23)17-16-29-27(32)22-14-15-25-24(19-22)30-28(33)26(34-25)18-21-10-6-4-7-11-21/h4,6-7,10-11,14-15,18-20,23H,3,5,8-9,12-13,16-17H2,1-2H3,(H,29,32)(H,30,33)/b26-18-/t20-/m0/s1. The molecule has 5 nitrogen and oxygen atoms in total. The number of thioether (sulfide) groups is 1. The lowest BCUT2D eigenvalue weighted by Crippen LogP contribution is -2.46. The number of hydrogen-bond donors (Lipinski definition) is 2. The van der Waals surface area contributed by atoms with Gasteiger partial charge in [-0.05, 0) is 56.0 Å². The molecule has 180 valence electrons. The smallest absolute Gasteiger partial charge is 0.262 e. The van der Waals surface area contributed by atoms with Gasteiger partial charge >= 0.3 is 0 Å². The van der Waals surface area contributed by atoms with Gasteiger partial charge in [0.05, 0.1) is 10.6 Å². The first-order valence-electron chi connectivity index (χ1n) is 12.5. The van der Waals surface area contributed by atoms with Crippen LogP contribution in [0.4, 0.5) is 5.69 Å². The molecule has 2 N–H and O–H groups in total. The largest absolute Gasteiger partial charge is 0.351 e. The van der Waals surface area contributed by atoms with Crippen LogP contribution in [0, 0.1) is 0 Å². The second-order valence-corrected chi connectivity index (χ2v) is 10.3. The van der Waals surface area contributed by atoms with Gasteiger partial charge in [0.2, 0.25) is 0 Å². The minimum Gasteiger partial charge on any atom is -0.351 e. The van der Waals surface area contributed by atoms with E-state index < -0.39 is 0 Å². The number of nitrogens with one attached hydrogen (secondary N) is 2. The van der Waals surface area contributed by atoms with Crippen LogP contribution in [0.2, 0.25) is 0 Å². The molecule has 1 aliphatic carbocycles. The minimum absolute atomic E-state index is 0.0968. The fraction of sp³-hybridized carbons (Fsp3) is 0.429. The van der Waals surface area contributed by atoms with Gasteiger partial charge in [0.25, 0.3) is 11.8 Å². The Balaban J connectivity index is 1.37. The van der Waals surface area contributed by atoms with E-state index in [1.807, 2.05) is 48.5 Å². The van der Waals surface area contributed by atoms with Crippen molar-refractivity contribution in [1.29, 1.82) is 0 Å². The zero-order valence-electron chi connectivity index (χ0n) is 20.2. The first-order valence-corrected chi connectivity index (χ1v) is 13.3. The summed E-state index contributed by atoms with van der Waals surface area (Å²) in [7, 11) is 0. The fourth-order valence-corrected chi connectivity index (χ4v) is 5.74. The second-order valence-electron chi connectivity index (χ2n) is 9.23. The summed E-state index contributed by atoms with van der Waals surface area (Å²) in [6, 6.07) is 16.5. The average molecular weight is 478 g/mol. The van der Waals surface area contributed by atoms with Crippen LogP contribution in [0.25, 0.3) is 6.08 Å². The summed E-state index contributed by atoms with van der Waals surface area (Å²) in [4.78, 5) is 29.7. The maximum Gasteiger partial charge on any atom is 0.262 e. The van der Waals surface area contributed by atoms with Crippen molar-refractivity contribution in [3.05, 3.63) is 64.6 Å². The van der Waals surface area contributed by atoms with Gasteiger partial charge in [-0.1, -0.05) is 68.3 Å². The van der Waals surface area contributed by atoms with Gasteiger partial charge in [0, 0.05) is 35.6 Å². The molecule has 4 rings (SSSR count). The van der Waals surface area contributed by atoms with Crippen LogP contribution in [0.5, 0.6) is 0 Å². The predicted octanol–water partition coefficient (Wildman–Crippen LogP) is 5.93. The zero-order valence-corrected chi connectivity index (χ0v) is 21.0. The lowest BCUT2D eigenvalue weighted by molar-refractivity contribution is -0.112. The van der Waals surface area contributed by atoms with E-state index in [4.69, 9.17) is 0 Å². The predicted molar refractivity (Wildman–Crippen MR) is 141 cm³/mol. The van der Waals surface area contributed by atoms with Gasteiger partial charge in [0.1, 0.15) is 0 Å². The molecule has 2 aliphatic rings. The van der Waals surface area contributed by atoms with Crippen LogP contribution in [0.1, 0.15) is 68.3 Å². The van der Waals surface area contributed by atoms with E-state index in [1.54, 1.807) is 6.07 Å². The Morgan fingerprint density at radius 1 is 1.18 bits per heavy atom. The number of anilines is 1. The molecule has 1 heterocycles. The van der Waals surface area contributed by atoms with Crippen molar-refractivity contribution in [3.63, 3.8) is 0 Å². The molecule has 0 bridgehead atoms. The molecule has 2 aromatic rings. The summed E-state index contributed by atoms with van der Waals surface area (Å²) in [6.45, 7) is 6.03. The SMILES string of the molecule is CC[C@H](C)N(CCNC(=O)c1ccc2c(c1)NC(=O)/C(=C/c1ccccc1)S2)C1CCCCC1. The van der Waals surface area contributed by atoms with Gasteiger partial charge in [-0.25, -0.2) is 0 Å². The molecular weight excluding hydrogens is 442 g/mol. The van der Waals surface area contributed by atoms with Crippen LogP contribution in [-0.2, 0) is 4.79 Å². The minimum atomic E-state index is -0.143. The Morgan fingerprint density at radius 2 is 1.94 bits per heavy atom. The van der Waals surface area contributed by atoms with Crippen molar-refractivity contribution < 1.29 is 9.59 Å². The maximum atomic E-state index is 12.9. The number of fused-ring (bicyclic) bond motifs is 1. The molecule has 0 spiro atoms. The van der Waals surface area contributed by atoms with Crippen LogP contribution in [0.3, 0.4) is 0 Å². The molecule has 0 radical (unpaired) electrons. The van der Waals surface area contributed by atoms with E-state index in [0.717, 1.165) is 23.4 Å². The average Bonchev–Trinajstić information content (AvgIpc) is 2.87. The first-order chi connectivity index (χ1) is 16.5. The van der Waals surface area contributed by atoms with Gasteiger partial charge in [0.15, 0.2) is 0 Å². The lowest BCUT2D eigenvalue weighted by atomic mass is 9.93. The molecule has 1 atom stereocenters. The van der Waals surface area contributed by atoms with E-state index in [1.165, 1.54) is 43.9 Å². The van der Waals surface area contributed by atoms with E-state index in [-0.39, 0.29) is 11.8 Å². The number of hydrogen-bond acceptors (Lipinski definition) is 4. The van der Waals surface area contributed by atoms with Crippen molar-refractivity contribution in [2.45, 2.75) is 69.4 Å². The monoisotopic (exact) mass is 477 g/mol. The Hall–Kier alpha value is -2.57. The Bertz CT molecular complexity index is 1030. The molecule has 0 unspecified atom stereocenters. The van der Waals surface area contributed by atoms with Gasteiger partial charge in [-0.2, -0.15) is 0 Å². The molecule has 0 aromatic heterocycles. The highest BCUT2D eigenvalue weighted by molar-refractivity contribution is 8.04. The Kier molecular flexibility index (Phi) is 8.46. The lowest BCUT2D eigenvalue weighted by Gasteiger charge is -2.38. The molecule has 1 fully saturated rings. The summed E-state index contributed by atoms with van der Waals surface area (Å²) in [5.74, 6) is -0.240. The number of amides is 2. The number of carbonyl (C=O) groups excluding carboxylic acids is 2. The molecular formula is C28H35N3O2S. The highest BCUT2D eigenvalue weighted by Gasteiger charge is 2.25. The van der Waals surface area contributed by atoms with Crippen molar-refractivity contribution in [1.82, 2.24) is 10.2 Å². The normalized spacial score (nSPS) is 18.4. The van der Waals surface area contributed by atoms with E-state index >= 15 is 0 Å². The van der Waals surface area contributed by atoms with Gasteiger partial charge in [-0.3, -0.25) is 14.5 Å². The number of carbonyl (C=O) groups is 2. The molecule has 2 aromatic carbocycles. The maximum absolute atomic E-state index is 12.9. The van der Waals surface area contributed by atoms with Crippen molar-refractivity contribution >= 4 is 35.3 Å². The van der Waals surface area contributed by atoms with Crippen LogP contribution >= 0.6 is 11.8 Å². The fourth-order valence-electron chi connectivity index (χ4n) is 4.81. The Labute approximate surface area is 207 Å². The van der Waals surface area contributed by atoms with Crippen LogP contribution in [-0.4, -0.2) is 41.9 Å². The van der Waals surface area contributed by atoms with Crippen LogP contribution in [0.15, 0.2) is 58.3 Å². The zero-order chi connectivity index (χ0) is 23.9. The number of benzene rings is 2. The number of nitrogens with zero attached hydrogens (tertiary/aromatic N) is 1. The van der Waals surface area contributed by atoms with E-state index in [2.05, 4.69) is 29.4 Å². The summed E-state index contributed by atoms with van der Waals surface area (Å²) < 4.78 is 0. The van der Waals surface area contributed by atoms with E-state index in [0.29, 0.717) is 34.8 Å². The molecule has 2 amide bonds. The molecule has 0 saturated heterocycles. The molecule has 34 heavy (non-hydrogen) atoms. The third-order valence-electron chi connectivity index (χ3n) is 6.89. The molecule has 6 heteroatoms. The van der Waals surface area contributed by atoms with Gasteiger partial charge in [-0.15, -0.1) is 0 Å². The first kappa shape index (κ1) is 24.6.